The number of sulfonamides is 1. The molecule has 7 nitrogen and oxygen atoms in total. The summed E-state index contributed by atoms with van der Waals surface area (Å²) in [5, 5.41) is 8.90. The van der Waals surface area contributed by atoms with Gasteiger partial charge in [0.25, 0.3) is 0 Å². The topological polar surface area (TPSA) is 102 Å². The highest BCUT2D eigenvalue weighted by Gasteiger charge is 2.37. The summed E-state index contributed by atoms with van der Waals surface area (Å²) in [6, 6.07) is 9.31. The molecule has 0 saturated heterocycles. The van der Waals surface area contributed by atoms with E-state index < -0.39 is 62.6 Å². The summed E-state index contributed by atoms with van der Waals surface area (Å²) in [7, 11) is -4.46. The number of benzene rings is 3. The molecule has 202 valence electrons. The Morgan fingerprint density at radius 1 is 1.08 bits per heavy atom. The molecule has 3 aromatic carbocycles. The van der Waals surface area contributed by atoms with Gasteiger partial charge in [-0.05, 0) is 72.9 Å². The summed E-state index contributed by atoms with van der Waals surface area (Å²) < 4.78 is 94.8. The van der Waals surface area contributed by atoms with Gasteiger partial charge < -0.3 is 14.6 Å². The smallest absolute Gasteiger partial charge is 0.420 e. The highest BCUT2D eigenvalue weighted by molar-refractivity contribution is 7.89. The average molecular weight is 574 g/mol. The Balaban J connectivity index is 1.64. The molecule has 0 unspecified atom stereocenters. The third-order valence-corrected chi connectivity index (χ3v) is 7.50. The van der Waals surface area contributed by atoms with Crippen molar-refractivity contribution in [3.63, 3.8) is 0 Å². The Labute approximate surface area is 220 Å². The molecule has 1 aliphatic rings. The zero-order chi connectivity index (χ0) is 27.7. The van der Waals surface area contributed by atoms with Crippen LogP contribution in [0.25, 0.3) is 0 Å². The number of halogens is 5. The fourth-order valence-electron chi connectivity index (χ4n) is 4.13. The van der Waals surface area contributed by atoms with E-state index in [4.69, 9.17) is 26.2 Å². The predicted octanol–water partition coefficient (Wildman–Crippen LogP) is 6.11. The lowest BCUT2D eigenvalue weighted by atomic mass is 9.87. The monoisotopic (exact) mass is 573 g/mol. The number of rotatable bonds is 8. The van der Waals surface area contributed by atoms with Crippen LogP contribution in [0, 0.1) is 5.82 Å². The second-order valence-corrected chi connectivity index (χ2v) is 10.6. The minimum Gasteiger partial charge on any atom is -0.482 e. The quantitative estimate of drug-likeness (QED) is 0.315. The van der Waals surface area contributed by atoms with Crippen molar-refractivity contribution in [3.8, 4) is 17.2 Å². The van der Waals surface area contributed by atoms with Crippen molar-refractivity contribution in [1.82, 2.24) is 4.72 Å². The summed E-state index contributed by atoms with van der Waals surface area (Å²) in [6.07, 6.45) is -3.62. The maximum Gasteiger partial charge on any atom is 0.420 e. The summed E-state index contributed by atoms with van der Waals surface area (Å²) in [5.74, 6) is -3.19. The Hall–Kier alpha value is -3.35. The van der Waals surface area contributed by atoms with Crippen molar-refractivity contribution < 1.29 is 45.4 Å². The molecule has 0 saturated carbocycles. The van der Waals surface area contributed by atoms with E-state index in [9.17, 15) is 30.8 Å². The van der Waals surface area contributed by atoms with Gasteiger partial charge in [-0.3, -0.25) is 0 Å². The van der Waals surface area contributed by atoms with Crippen molar-refractivity contribution in [1.29, 1.82) is 0 Å². The normalized spacial score (nSPS) is 15.6. The zero-order valence-electron chi connectivity index (χ0n) is 19.4. The molecule has 1 atom stereocenters. The SMILES string of the molecule is O=C(O)COc1cccc2c1CCC[C@H]2NS(=O)(=O)c1ccc(Oc2ccc(Cl)cc2F)c(C(F)(F)F)c1. The van der Waals surface area contributed by atoms with Gasteiger partial charge in [0.1, 0.15) is 11.5 Å². The second-order valence-electron chi connectivity index (χ2n) is 8.40. The lowest BCUT2D eigenvalue weighted by Gasteiger charge is -2.28. The van der Waals surface area contributed by atoms with Crippen LogP contribution >= 0.6 is 11.6 Å². The first-order valence-electron chi connectivity index (χ1n) is 11.2. The number of alkyl halides is 3. The summed E-state index contributed by atoms with van der Waals surface area (Å²) in [6.45, 7) is -0.582. The molecule has 0 radical (unpaired) electrons. The third-order valence-electron chi connectivity index (χ3n) is 5.79. The summed E-state index contributed by atoms with van der Waals surface area (Å²) >= 11 is 5.66. The van der Waals surface area contributed by atoms with Crippen LogP contribution in [0.5, 0.6) is 17.2 Å². The molecule has 38 heavy (non-hydrogen) atoms. The number of fused-ring (bicyclic) bond motifs is 1. The van der Waals surface area contributed by atoms with E-state index in [-0.39, 0.29) is 5.02 Å². The highest BCUT2D eigenvalue weighted by Crippen LogP contribution is 2.41. The molecule has 0 amide bonds. The molecule has 0 heterocycles. The largest absolute Gasteiger partial charge is 0.482 e. The van der Waals surface area contributed by atoms with Crippen molar-refractivity contribution in [2.75, 3.05) is 6.61 Å². The lowest BCUT2D eigenvalue weighted by Crippen LogP contribution is -2.31. The van der Waals surface area contributed by atoms with Crippen molar-refractivity contribution >= 4 is 27.6 Å². The van der Waals surface area contributed by atoms with Gasteiger partial charge >= 0.3 is 12.1 Å². The van der Waals surface area contributed by atoms with Gasteiger partial charge in [-0.1, -0.05) is 23.7 Å². The van der Waals surface area contributed by atoms with Crippen LogP contribution in [0.4, 0.5) is 17.6 Å². The molecular weight excluding hydrogens is 554 g/mol. The van der Waals surface area contributed by atoms with E-state index in [2.05, 4.69) is 4.72 Å². The molecule has 1 aliphatic carbocycles. The molecule has 0 spiro atoms. The number of hydrogen-bond acceptors (Lipinski definition) is 5. The Bertz CT molecular complexity index is 1480. The average Bonchev–Trinajstić information content (AvgIpc) is 2.84. The van der Waals surface area contributed by atoms with E-state index >= 15 is 0 Å². The molecule has 0 aromatic heterocycles. The maximum atomic E-state index is 14.1. The second kappa shape index (κ2) is 10.8. The molecular formula is C25H20ClF4NO6S. The van der Waals surface area contributed by atoms with E-state index in [0.717, 1.165) is 24.3 Å². The predicted molar refractivity (Wildman–Crippen MR) is 129 cm³/mol. The fourth-order valence-corrected chi connectivity index (χ4v) is 5.57. The van der Waals surface area contributed by atoms with Gasteiger partial charge in [-0.15, -0.1) is 0 Å². The molecule has 2 N–H and O–H groups in total. The Kier molecular flexibility index (Phi) is 7.86. The van der Waals surface area contributed by atoms with Crippen LogP contribution in [-0.4, -0.2) is 26.1 Å². The van der Waals surface area contributed by atoms with Crippen molar-refractivity contribution in [3.05, 3.63) is 82.1 Å². The first-order chi connectivity index (χ1) is 17.8. The van der Waals surface area contributed by atoms with Crippen LogP contribution in [0.3, 0.4) is 0 Å². The number of carboxylic acid groups (broad SMARTS) is 1. The fraction of sp³-hybridized carbons (Fsp3) is 0.240. The first-order valence-corrected chi connectivity index (χ1v) is 13.0. The van der Waals surface area contributed by atoms with Crippen LogP contribution in [0.2, 0.25) is 5.02 Å². The van der Waals surface area contributed by atoms with E-state index in [1.807, 2.05) is 0 Å². The number of nitrogens with one attached hydrogen (secondary N) is 1. The first kappa shape index (κ1) is 27.7. The molecule has 0 bridgehead atoms. The molecule has 4 rings (SSSR count). The molecule has 0 fully saturated rings. The number of ether oxygens (including phenoxy) is 2. The van der Waals surface area contributed by atoms with Crippen LogP contribution in [0.1, 0.15) is 35.6 Å². The molecule has 0 aliphatic heterocycles. The zero-order valence-corrected chi connectivity index (χ0v) is 21.0. The van der Waals surface area contributed by atoms with Crippen molar-refractivity contribution in [2.24, 2.45) is 0 Å². The van der Waals surface area contributed by atoms with Gasteiger partial charge in [0, 0.05) is 11.1 Å². The minimum absolute atomic E-state index is 0.0169. The van der Waals surface area contributed by atoms with Gasteiger partial charge in [-0.2, -0.15) is 13.2 Å². The van der Waals surface area contributed by atoms with Gasteiger partial charge in [0.15, 0.2) is 18.2 Å². The lowest BCUT2D eigenvalue weighted by molar-refractivity contribution is -0.140. The number of hydrogen-bond donors (Lipinski definition) is 2. The van der Waals surface area contributed by atoms with Crippen molar-refractivity contribution in [2.45, 2.75) is 36.4 Å². The molecule has 13 heteroatoms. The van der Waals surface area contributed by atoms with Crippen LogP contribution in [-0.2, 0) is 27.4 Å². The Morgan fingerprint density at radius 2 is 1.82 bits per heavy atom. The summed E-state index contributed by atoms with van der Waals surface area (Å²) in [4.78, 5) is 10.2. The third kappa shape index (κ3) is 6.20. The maximum absolute atomic E-state index is 14.1. The van der Waals surface area contributed by atoms with E-state index in [0.29, 0.717) is 42.2 Å². The van der Waals surface area contributed by atoms with Crippen LogP contribution < -0.4 is 14.2 Å². The van der Waals surface area contributed by atoms with Crippen LogP contribution in [0.15, 0.2) is 59.5 Å². The standard InChI is InChI=1S/C25H20ClF4NO6S/c26-14-7-9-23(19(27)11-14)37-22-10-8-15(12-18(22)25(28,29)30)38(34,35)31-20-5-1-4-17-16(20)3-2-6-21(17)36-13-24(32)33/h2-3,6-12,20,31H,1,4-5,13H2,(H,32,33)/t20-/m1/s1. The van der Waals surface area contributed by atoms with Gasteiger partial charge in [0.2, 0.25) is 10.0 Å². The highest BCUT2D eigenvalue weighted by atomic mass is 35.5. The molecule has 3 aromatic rings. The minimum atomic E-state index is -5.02. The Morgan fingerprint density at radius 3 is 2.50 bits per heavy atom. The number of carboxylic acids is 1. The van der Waals surface area contributed by atoms with E-state index in [1.165, 1.54) is 6.07 Å². The van der Waals surface area contributed by atoms with E-state index in [1.54, 1.807) is 18.2 Å². The summed E-state index contributed by atoms with van der Waals surface area (Å²) in [5.41, 5.74) is -0.252. The number of aliphatic carboxylic acids is 1. The van der Waals surface area contributed by atoms with Gasteiger partial charge in [0.05, 0.1) is 10.5 Å². The van der Waals surface area contributed by atoms with Gasteiger partial charge in [-0.25, -0.2) is 22.3 Å². The number of carbonyl (C=O) groups is 1.